The highest BCUT2D eigenvalue weighted by Crippen LogP contribution is 2.17. The zero-order chi connectivity index (χ0) is 99.8. The Balaban J connectivity index is 3.79. The molecule has 34 N–H and O–H groups in total. The number of carbonyl (C=O) groups excluding carboxylic acids is 17. The number of amides is 17. The molecule has 0 spiro atoms. The Morgan fingerprint density at radius 2 is 0.695 bits per heavy atom. The van der Waals surface area contributed by atoms with Gasteiger partial charge in [0.15, 0.2) is 11.9 Å². The Morgan fingerprint density at radius 1 is 0.366 bits per heavy atom. The van der Waals surface area contributed by atoms with Crippen molar-refractivity contribution in [2.24, 2.45) is 64.0 Å². The van der Waals surface area contributed by atoms with E-state index in [1.165, 1.54) is 39.5 Å². The molecule has 1 aromatic rings. The fourth-order valence-corrected chi connectivity index (χ4v) is 13.3. The minimum absolute atomic E-state index is 0.0216. The molecule has 0 aliphatic rings. The topological polar surface area (TPSA) is 810 Å². The van der Waals surface area contributed by atoms with E-state index in [-0.39, 0.29) is 95.5 Å². The molecule has 0 bridgehead atoms. The van der Waals surface area contributed by atoms with Gasteiger partial charge in [-0.1, -0.05) is 106 Å². The maximum absolute atomic E-state index is 15.0. The Labute approximate surface area is 765 Å². The van der Waals surface area contributed by atoms with E-state index in [1.807, 2.05) is 0 Å². The second kappa shape index (κ2) is 60.3. The first kappa shape index (κ1) is 116. The number of primary amides is 2. The lowest BCUT2D eigenvalue weighted by Gasteiger charge is -2.30. The first-order chi connectivity index (χ1) is 61.3. The van der Waals surface area contributed by atoms with Crippen molar-refractivity contribution in [2.75, 3.05) is 31.6 Å². The monoisotopic (exact) mass is 1870 g/mol. The van der Waals surface area contributed by atoms with Crippen molar-refractivity contribution in [3.63, 3.8) is 0 Å². The molecule has 1 rings (SSSR count). The lowest BCUT2D eigenvalue weighted by molar-refractivity contribution is -0.143. The van der Waals surface area contributed by atoms with E-state index in [2.05, 4.69) is 90.4 Å². The number of hydrogen-bond donors (Lipinski definition) is 28. The zero-order valence-electron chi connectivity index (χ0n) is 76.5. The number of guanidine groups is 2. The summed E-state index contributed by atoms with van der Waals surface area (Å²) in [6.07, 6.45) is -2.22. The van der Waals surface area contributed by atoms with Crippen LogP contribution < -0.4 is 125 Å². The van der Waals surface area contributed by atoms with Gasteiger partial charge in [-0.15, -0.1) is 0 Å². The van der Waals surface area contributed by atoms with Gasteiger partial charge in [0, 0.05) is 19.5 Å². The van der Waals surface area contributed by atoms with Gasteiger partial charge >= 0.3 is 17.9 Å². The Hall–Kier alpha value is -12.6. The van der Waals surface area contributed by atoms with Gasteiger partial charge in [-0.25, -0.2) is 4.79 Å². The molecule has 49 heteroatoms. The molecule has 131 heavy (non-hydrogen) atoms. The summed E-state index contributed by atoms with van der Waals surface area (Å²) in [7, 11) is 0. The molecular formula is C82H139N25O23S. The number of benzene rings is 1. The lowest BCUT2D eigenvalue weighted by Crippen LogP contribution is -2.62. The van der Waals surface area contributed by atoms with Crippen molar-refractivity contribution in [1.82, 2.24) is 90.4 Å². The molecule has 0 aliphatic carbocycles. The third kappa shape index (κ3) is 46.0. The summed E-state index contributed by atoms with van der Waals surface area (Å²) in [6, 6.07) is -16.9. The molecule has 0 radical (unpaired) electrons. The SMILES string of the molecule is CC[C@H](C)[C@H](NC(=O)[C@H](CCCNC(=N)N)NC(=O)[C@H](CCCNC(=N)N)NC(=O)[C@H](CC(N)=O)NC(=O)[C@H](CC(C)C)NC(=O)[C@H](CC(=O)O)NC(=O)[C@@H](NC(=O)[C@H](CCSC)NC(=O)[C@@H](N)CC(=O)O)C(C)C)C(=O)N[C@@H](Cc1ccccc1)C(=O)N[C@H](C(=O)N[C@@H](C)C(=O)N[C@@H](C)C(=O)N[C@@H](CC(C)C)C(=O)N[C@@H](CC(N)=O)C(=O)N[C@@H](CCCCN)C(=O)O)C(C)C. The van der Waals surface area contributed by atoms with Gasteiger partial charge in [0.05, 0.1) is 31.7 Å². The van der Waals surface area contributed by atoms with Crippen LogP contribution in [0.1, 0.15) is 185 Å². The maximum atomic E-state index is 15.0. The molecule has 0 aliphatic heterocycles. The Kier molecular flexibility index (Phi) is 53.6. The smallest absolute Gasteiger partial charge is 0.326 e. The summed E-state index contributed by atoms with van der Waals surface area (Å²) in [6.45, 7) is 18.7. The van der Waals surface area contributed by atoms with Gasteiger partial charge in [0.25, 0.3) is 0 Å². The number of thioether (sulfide) groups is 1. The second-order valence-corrected chi connectivity index (χ2v) is 34.4. The van der Waals surface area contributed by atoms with Crippen LogP contribution in [-0.4, -0.2) is 274 Å². The summed E-state index contributed by atoms with van der Waals surface area (Å²) in [5, 5.41) is 86.7. The lowest BCUT2D eigenvalue weighted by atomic mass is 9.96. The largest absolute Gasteiger partial charge is 0.481 e. The third-order valence-corrected chi connectivity index (χ3v) is 20.9. The summed E-state index contributed by atoms with van der Waals surface area (Å²) >= 11 is 1.29. The maximum Gasteiger partial charge on any atom is 0.326 e. The van der Waals surface area contributed by atoms with E-state index >= 15 is 0 Å². The van der Waals surface area contributed by atoms with Crippen LogP contribution in [0, 0.1) is 40.4 Å². The molecular weight excluding hydrogens is 1740 g/mol. The van der Waals surface area contributed by atoms with Crippen molar-refractivity contribution in [1.29, 1.82) is 10.8 Å². The highest BCUT2D eigenvalue weighted by atomic mass is 32.2. The van der Waals surface area contributed by atoms with Gasteiger partial charge in [-0.3, -0.25) is 102 Å². The van der Waals surface area contributed by atoms with E-state index in [9.17, 15) is 111 Å². The molecule has 0 unspecified atom stereocenters. The predicted molar refractivity (Wildman–Crippen MR) is 480 cm³/mol. The Morgan fingerprint density at radius 3 is 1.10 bits per heavy atom. The van der Waals surface area contributed by atoms with Crippen LogP contribution >= 0.6 is 11.8 Å². The molecule has 17 amide bonds. The molecule has 0 saturated heterocycles. The fourth-order valence-electron chi connectivity index (χ4n) is 12.8. The summed E-state index contributed by atoms with van der Waals surface area (Å²) in [5.41, 5.74) is 33.9. The molecule has 0 heterocycles. The van der Waals surface area contributed by atoms with Crippen LogP contribution in [0.15, 0.2) is 30.3 Å². The zero-order valence-corrected chi connectivity index (χ0v) is 77.3. The number of aliphatic carboxylic acids is 3. The minimum atomic E-state index is -1.98. The van der Waals surface area contributed by atoms with Crippen LogP contribution in [0.4, 0.5) is 0 Å². The number of carboxylic acid groups (broad SMARTS) is 3. The first-order valence-corrected chi connectivity index (χ1v) is 44.6. The molecule has 48 nitrogen and oxygen atoms in total. The van der Waals surface area contributed by atoms with E-state index in [4.69, 9.17) is 45.2 Å². The van der Waals surface area contributed by atoms with Crippen molar-refractivity contribution in [3.8, 4) is 0 Å². The number of nitrogens with two attached hydrogens (primary N) is 6. The van der Waals surface area contributed by atoms with Gasteiger partial charge < -0.3 is 140 Å². The summed E-state index contributed by atoms with van der Waals surface area (Å²) in [4.78, 5) is 273. The van der Waals surface area contributed by atoms with Crippen molar-refractivity contribution < 1.29 is 111 Å². The number of carboxylic acids is 3. The molecule has 0 fully saturated rings. The predicted octanol–water partition coefficient (Wildman–Crippen LogP) is -6.49. The van der Waals surface area contributed by atoms with E-state index < -0.39 is 276 Å². The summed E-state index contributed by atoms with van der Waals surface area (Å²) in [5.74, 6) is -25.8. The molecule has 0 aromatic heterocycles. The van der Waals surface area contributed by atoms with E-state index in [0.717, 1.165) is 0 Å². The normalized spacial score (nSPS) is 15.0. The highest BCUT2D eigenvalue weighted by Gasteiger charge is 2.41. The fraction of sp³-hybridized carbons (Fsp3) is 0.659. The third-order valence-electron chi connectivity index (χ3n) is 20.2. The molecule has 1 aromatic carbocycles. The van der Waals surface area contributed by atoms with Crippen LogP contribution in [0.3, 0.4) is 0 Å². The van der Waals surface area contributed by atoms with Gasteiger partial charge in [0.2, 0.25) is 100 Å². The van der Waals surface area contributed by atoms with Crippen LogP contribution in [-0.2, 0) is 102 Å². The highest BCUT2D eigenvalue weighted by molar-refractivity contribution is 7.98. The van der Waals surface area contributed by atoms with Crippen molar-refractivity contribution in [2.45, 2.75) is 282 Å². The van der Waals surface area contributed by atoms with Crippen LogP contribution in [0.25, 0.3) is 0 Å². The number of nitrogens with one attached hydrogen (secondary N) is 19. The minimum Gasteiger partial charge on any atom is -0.481 e. The number of carbonyl (C=O) groups is 20. The quantitative estimate of drug-likeness (QED) is 0.0164. The Bertz CT molecular complexity index is 4070. The van der Waals surface area contributed by atoms with Crippen molar-refractivity contribution >= 4 is 142 Å². The van der Waals surface area contributed by atoms with E-state index in [1.54, 1.807) is 92.0 Å². The average Bonchev–Trinajstić information content (AvgIpc) is 0.842. The summed E-state index contributed by atoms with van der Waals surface area (Å²) < 4.78 is 0. The first-order valence-electron chi connectivity index (χ1n) is 43.2. The average molecular weight is 1880 g/mol. The van der Waals surface area contributed by atoms with Gasteiger partial charge in [0.1, 0.15) is 90.6 Å². The van der Waals surface area contributed by atoms with Gasteiger partial charge in [-0.2, -0.15) is 11.8 Å². The van der Waals surface area contributed by atoms with Gasteiger partial charge in [-0.05, 0) is 132 Å². The standard InChI is InChI=1S/C82H139N25O23S/c1-14-43(10)64(79(128)103-54(34-46-22-16-15-17-23-46)76(125)106-62(41(6)7)77(126)94-44(11)65(114)93-45(12)66(115)99-52(32-39(2)3)71(120)102-56(37-59(86)109)74(123)98-51(80(129)130)24-18-19-28-83)107-69(118)49(26-21-30-92-82(89)90)96-68(117)48(25-20-29-91-81(87)88)97-73(122)55(36-58(85)108)101-72(121)53(33-40(4)5)100-75(124)57(38-61(112)113)104-78(127)63(42(8)9)105-70(119)50(27-31-131-13)95-67(116)47(84)35-60(110)111/h15-17,22-23,39-45,47-57,62-64H,14,18-21,24-38,83-84H2,1-13H3,(H2,85,108)(H2,86,109)(H,93,114)(H,94,126)(H,95,116)(H,96,117)(H,97,122)(H,98,123)(H,99,115)(H,100,124)(H,101,121)(H,102,120)(H,103,128)(H,104,127)(H,105,119)(H,106,125)(H,107,118)(H,110,111)(H,112,113)(H,129,130)(H4,87,88,91)(H4,89,90,92)/t43-,44-,45-,47-,48-,49-,50-,51-,52-,53-,54-,55-,56-,57-,62-,63-,64-/m0/s1. The van der Waals surface area contributed by atoms with E-state index in [0.29, 0.717) is 18.4 Å². The number of hydrogen-bond acceptors (Lipinski definition) is 25. The van der Waals surface area contributed by atoms with Crippen LogP contribution in [0.2, 0.25) is 0 Å². The molecule has 0 saturated carbocycles. The van der Waals surface area contributed by atoms with Crippen LogP contribution in [0.5, 0.6) is 0 Å². The van der Waals surface area contributed by atoms with Crippen molar-refractivity contribution in [3.05, 3.63) is 35.9 Å². The second-order valence-electron chi connectivity index (χ2n) is 33.4. The molecule has 17 atom stereocenters. The number of unbranched alkanes of at least 4 members (excludes halogenated alkanes) is 1. The molecule has 736 valence electrons. The number of rotatable bonds is 64.